The third-order valence-electron chi connectivity index (χ3n) is 4.10. The van der Waals surface area contributed by atoms with Crippen molar-refractivity contribution < 1.29 is 4.74 Å². The minimum Gasteiger partial charge on any atom is -0.496 e. The molecule has 0 radical (unpaired) electrons. The third kappa shape index (κ3) is 4.52. The van der Waals surface area contributed by atoms with Crippen molar-refractivity contribution in [3.8, 4) is 5.75 Å². The molecule has 0 aliphatic heterocycles. The molecule has 1 aromatic carbocycles. The van der Waals surface area contributed by atoms with Gasteiger partial charge in [0, 0.05) is 5.33 Å². The zero-order valence-electron chi connectivity index (χ0n) is 12.8. The maximum absolute atomic E-state index is 5.52. The Morgan fingerprint density at radius 3 is 2.53 bits per heavy atom. The van der Waals surface area contributed by atoms with Crippen molar-refractivity contribution in [2.75, 3.05) is 12.4 Å². The number of benzene rings is 1. The molecule has 0 N–H and O–H groups in total. The van der Waals surface area contributed by atoms with Crippen LogP contribution in [0.5, 0.6) is 5.75 Å². The van der Waals surface area contributed by atoms with Crippen LogP contribution in [0.4, 0.5) is 0 Å². The van der Waals surface area contributed by atoms with Crippen LogP contribution in [0, 0.1) is 12.3 Å². The number of halogens is 1. The van der Waals surface area contributed by atoms with Crippen molar-refractivity contribution in [2.24, 2.45) is 5.41 Å². The lowest BCUT2D eigenvalue weighted by molar-refractivity contribution is 0.279. The Balaban J connectivity index is 2.98. The van der Waals surface area contributed by atoms with Gasteiger partial charge in [0.05, 0.1) is 7.11 Å². The Hall–Kier alpha value is -0.500. The minimum atomic E-state index is 0.358. The fraction of sp³-hybridized carbons (Fsp3) is 0.647. The van der Waals surface area contributed by atoms with Gasteiger partial charge in [0.1, 0.15) is 5.75 Å². The fourth-order valence-corrected chi connectivity index (χ4v) is 3.48. The number of aryl methyl sites for hydroxylation is 1. The molecule has 0 spiro atoms. The van der Waals surface area contributed by atoms with E-state index in [2.05, 4.69) is 54.9 Å². The number of hydrogen-bond donors (Lipinski definition) is 0. The molecule has 1 atom stereocenters. The molecule has 0 bridgehead atoms. The van der Waals surface area contributed by atoms with Crippen LogP contribution in [-0.2, 0) is 6.42 Å². The lowest BCUT2D eigenvalue weighted by Crippen LogP contribution is -2.25. The number of alkyl halides is 1. The van der Waals surface area contributed by atoms with E-state index in [0.29, 0.717) is 5.41 Å². The quantitative estimate of drug-likeness (QED) is 0.571. The van der Waals surface area contributed by atoms with Gasteiger partial charge in [0.15, 0.2) is 0 Å². The van der Waals surface area contributed by atoms with Crippen molar-refractivity contribution in [2.45, 2.75) is 52.9 Å². The van der Waals surface area contributed by atoms with E-state index < -0.39 is 0 Å². The van der Waals surface area contributed by atoms with E-state index in [-0.39, 0.29) is 0 Å². The van der Waals surface area contributed by atoms with Crippen LogP contribution < -0.4 is 4.74 Å². The highest BCUT2D eigenvalue weighted by Gasteiger charge is 2.27. The molecular weight excluding hydrogens is 300 g/mol. The second-order valence-electron chi connectivity index (χ2n) is 5.58. The number of unbranched alkanes of at least 4 members (excludes halogenated alkanes) is 1. The summed E-state index contributed by atoms with van der Waals surface area (Å²) in [5.74, 6) is 1.03. The summed E-state index contributed by atoms with van der Waals surface area (Å²) < 4.78 is 5.52. The highest BCUT2D eigenvalue weighted by atomic mass is 79.9. The summed E-state index contributed by atoms with van der Waals surface area (Å²) in [5, 5.41) is 1.06. The molecule has 108 valence electrons. The highest BCUT2D eigenvalue weighted by Crippen LogP contribution is 2.37. The van der Waals surface area contributed by atoms with Gasteiger partial charge >= 0.3 is 0 Å². The lowest BCUT2D eigenvalue weighted by Gasteiger charge is -2.32. The molecule has 0 saturated carbocycles. The van der Waals surface area contributed by atoms with Crippen LogP contribution in [0.3, 0.4) is 0 Å². The van der Waals surface area contributed by atoms with Crippen LogP contribution in [0.2, 0.25) is 0 Å². The first-order valence-corrected chi connectivity index (χ1v) is 8.42. The second-order valence-corrected chi connectivity index (χ2v) is 6.14. The van der Waals surface area contributed by atoms with Gasteiger partial charge in [-0.25, -0.2) is 0 Å². The number of hydrogen-bond acceptors (Lipinski definition) is 1. The summed E-state index contributed by atoms with van der Waals surface area (Å²) in [5.41, 5.74) is 3.02. The van der Waals surface area contributed by atoms with E-state index in [1.165, 1.54) is 36.8 Å². The van der Waals surface area contributed by atoms with Crippen molar-refractivity contribution >= 4 is 15.9 Å². The normalized spacial score (nSPS) is 14.2. The van der Waals surface area contributed by atoms with Crippen LogP contribution in [0.25, 0.3) is 0 Å². The molecule has 0 aliphatic carbocycles. The van der Waals surface area contributed by atoms with E-state index in [9.17, 15) is 0 Å². The highest BCUT2D eigenvalue weighted by molar-refractivity contribution is 9.09. The SMILES string of the molecule is CCCCC(CC)(CBr)Cc1cc(C)ccc1OC. The zero-order valence-corrected chi connectivity index (χ0v) is 14.3. The molecule has 19 heavy (non-hydrogen) atoms. The molecule has 1 rings (SSSR count). The molecule has 1 aromatic rings. The number of methoxy groups -OCH3 is 1. The monoisotopic (exact) mass is 326 g/mol. The predicted molar refractivity (Wildman–Crippen MR) is 87.5 cm³/mol. The van der Waals surface area contributed by atoms with Gasteiger partial charge in [-0.15, -0.1) is 0 Å². The van der Waals surface area contributed by atoms with E-state index in [1.807, 2.05) is 0 Å². The first-order valence-electron chi connectivity index (χ1n) is 7.30. The Bertz CT molecular complexity index is 383. The Kier molecular flexibility index (Phi) is 6.92. The molecule has 0 fully saturated rings. The fourth-order valence-electron chi connectivity index (χ4n) is 2.60. The molecule has 1 nitrogen and oxygen atoms in total. The van der Waals surface area contributed by atoms with Crippen molar-refractivity contribution in [1.29, 1.82) is 0 Å². The van der Waals surface area contributed by atoms with E-state index >= 15 is 0 Å². The smallest absolute Gasteiger partial charge is 0.122 e. The van der Waals surface area contributed by atoms with Gasteiger partial charge in [-0.1, -0.05) is 60.3 Å². The van der Waals surface area contributed by atoms with Crippen LogP contribution in [0.1, 0.15) is 50.7 Å². The van der Waals surface area contributed by atoms with Crippen molar-refractivity contribution in [3.05, 3.63) is 29.3 Å². The van der Waals surface area contributed by atoms with Gasteiger partial charge in [-0.2, -0.15) is 0 Å². The predicted octanol–water partition coefficient (Wildman–Crippen LogP) is 5.53. The van der Waals surface area contributed by atoms with E-state index in [1.54, 1.807) is 7.11 Å². The number of ether oxygens (including phenoxy) is 1. The standard InChI is InChI=1S/C17H27BrO/c1-5-7-10-17(6-2,13-18)12-15-11-14(3)8-9-16(15)19-4/h8-9,11H,5-7,10,12-13H2,1-4H3. The summed E-state index contributed by atoms with van der Waals surface area (Å²) in [4.78, 5) is 0. The summed E-state index contributed by atoms with van der Waals surface area (Å²) in [6.07, 6.45) is 6.14. The summed E-state index contributed by atoms with van der Waals surface area (Å²) in [6, 6.07) is 6.49. The summed E-state index contributed by atoms with van der Waals surface area (Å²) in [7, 11) is 1.77. The van der Waals surface area contributed by atoms with E-state index in [4.69, 9.17) is 4.74 Å². The maximum Gasteiger partial charge on any atom is 0.122 e. The van der Waals surface area contributed by atoms with Gasteiger partial charge in [-0.3, -0.25) is 0 Å². The van der Waals surface area contributed by atoms with Crippen LogP contribution in [0.15, 0.2) is 18.2 Å². The molecule has 1 unspecified atom stereocenters. The molecule has 0 amide bonds. The van der Waals surface area contributed by atoms with E-state index in [0.717, 1.165) is 17.5 Å². The molecule has 0 aromatic heterocycles. The number of rotatable bonds is 8. The maximum atomic E-state index is 5.52. The Morgan fingerprint density at radius 2 is 2.00 bits per heavy atom. The topological polar surface area (TPSA) is 9.23 Å². The third-order valence-corrected chi connectivity index (χ3v) is 5.28. The molecule has 2 heteroatoms. The van der Waals surface area contributed by atoms with Crippen LogP contribution >= 0.6 is 15.9 Å². The Labute approximate surface area is 126 Å². The first-order chi connectivity index (χ1) is 9.10. The average Bonchev–Trinajstić information content (AvgIpc) is 2.44. The second kappa shape index (κ2) is 7.94. The molecule has 0 aliphatic rings. The lowest BCUT2D eigenvalue weighted by atomic mass is 9.77. The van der Waals surface area contributed by atoms with Gasteiger partial charge in [-0.05, 0) is 43.2 Å². The van der Waals surface area contributed by atoms with Crippen molar-refractivity contribution in [3.63, 3.8) is 0 Å². The van der Waals surface area contributed by atoms with Gasteiger partial charge in [0.25, 0.3) is 0 Å². The average molecular weight is 327 g/mol. The van der Waals surface area contributed by atoms with Crippen LogP contribution in [-0.4, -0.2) is 12.4 Å². The first kappa shape index (κ1) is 16.6. The summed E-state index contributed by atoms with van der Waals surface area (Å²) in [6.45, 7) is 6.72. The molecule has 0 saturated heterocycles. The van der Waals surface area contributed by atoms with Gasteiger partial charge in [0.2, 0.25) is 0 Å². The van der Waals surface area contributed by atoms with Crippen molar-refractivity contribution in [1.82, 2.24) is 0 Å². The zero-order chi connectivity index (χ0) is 14.3. The molecular formula is C17H27BrO. The minimum absolute atomic E-state index is 0.358. The summed E-state index contributed by atoms with van der Waals surface area (Å²) >= 11 is 3.75. The van der Waals surface area contributed by atoms with Gasteiger partial charge < -0.3 is 4.74 Å². The Morgan fingerprint density at radius 1 is 1.26 bits per heavy atom. The largest absolute Gasteiger partial charge is 0.496 e. The molecule has 0 heterocycles.